The predicted octanol–water partition coefficient (Wildman–Crippen LogP) is 2.41. The molecular weight excluding hydrogens is 424 g/mol. The van der Waals surface area contributed by atoms with Crippen molar-refractivity contribution in [2.24, 2.45) is 0 Å². The van der Waals surface area contributed by atoms with Gasteiger partial charge in [-0.05, 0) is 12.8 Å². The van der Waals surface area contributed by atoms with E-state index in [0.717, 1.165) is 0 Å². The number of hydrogen-bond donors (Lipinski definition) is 4. The normalized spacial score (nSPS) is 12.6. The zero-order chi connectivity index (χ0) is 23.1. The van der Waals surface area contributed by atoms with Gasteiger partial charge in [0.1, 0.15) is 0 Å². The second-order valence-electron chi connectivity index (χ2n) is 4.90. The summed E-state index contributed by atoms with van der Waals surface area (Å²) in [6.07, 6.45) is 1.02. The largest absolute Gasteiger partial charge is 0.481 e. The van der Waals surface area contributed by atoms with Gasteiger partial charge in [-0.3, -0.25) is 9.59 Å². The first-order chi connectivity index (χ1) is 12.3. The van der Waals surface area contributed by atoms with E-state index >= 15 is 0 Å². The van der Waals surface area contributed by atoms with Crippen molar-refractivity contribution in [2.75, 3.05) is 0 Å². The van der Waals surface area contributed by atoms with E-state index in [-0.39, 0.29) is 12.8 Å². The summed E-state index contributed by atoms with van der Waals surface area (Å²) in [6.45, 7) is 0. The molecule has 0 aromatic carbocycles. The lowest BCUT2D eigenvalue weighted by molar-refractivity contribution is -0.353. The highest BCUT2D eigenvalue weighted by Gasteiger charge is 2.85. The summed E-state index contributed by atoms with van der Waals surface area (Å²) in [4.78, 5) is 39.1. The van der Waals surface area contributed by atoms with Gasteiger partial charge >= 0.3 is 47.6 Å². The molecule has 0 saturated carbocycles. The molecule has 0 aromatic heterocycles. The Labute approximate surface area is 149 Å². The summed E-state index contributed by atoms with van der Waals surface area (Å²) in [5, 5.41) is 31.4. The number of aliphatic carboxylic acids is 4. The molecule has 0 fully saturated rings. The van der Waals surface area contributed by atoms with Gasteiger partial charge in [0.15, 0.2) is 0 Å². The standard InChI is InChI=1S/C6H2F8O4.C6H10O4/c7-3(8,1(15)16)5(11,12)6(13,14)4(9,10)2(17)18;7-5(8)3-1-2-4-6(9)10/h(H,15,16)(H,17,18);1-4H2,(H,7,8)(H,9,10). The molecule has 0 aliphatic rings. The minimum Gasteiger partial charge on any atom is -0.481 e. The molecule has 28 heavy (non-hydrogen) atoms. The number of carbonyl (C=O) groups is 4. The molecule has 0 heterocycles. The highest BCUT2D eigenvalue weighted by atomic mass is 19.4. The number of alkyl halides is 8. The highest BCUT2D eigenvalue weighted by molar-refractivity contribution is 5.80. The number of carboxylic acids is 4. The van der Waals surface area contributed by atoms with E-state index in [9.17, 15) is 54.3 Å². The van der Waals surface area contributed by atoms with Crippen molar-refractivity contribution in [3.05, 3.63) is 0 Å². The van der Waals surface area contributed by atoms with Crippen LogP contribution in [0.1, 0.15) is 25.7 Å². The molecule has 0 saturated heterocycles. The van der Waals surface area contributed by atoms with Crippen LogP contribution in [0.5, 0.6) is 0 Å². The van der Waals surface area contributed by atoms with Crippen LogP contribution in [0.4, 0.5) is 35.1 Å². The molecular formula is C12H12F8O8. The molecule has 4 N–H and O–H groups in total. The Morgan fingerprint density at radius 2 is 0.750 bits per heavy atom. The van der Waals surface area contributed by atoms with E-state index in [1.807, 2.05) is 0 Å². The molecule has 0 unspecified atom stereocenters. The van der Waals surface area contributed by atoms with Crippen LogP contribution in [-0.4, -0.2) is 68.0 Å². The monoisotopic (exact) mass is 436 g/mol. The molecule has 0 rings (SSSR count). The van der Waals surface area contributed by atoms with Crippen LogP contribution in [0.2, 0.25) is 0 Å². The molecule has 16 heteroatoms. The van der Waals surface area contributed by atoms with E-state index in [2.05, 4.69) is 0 Å². The summed E-state index contributed by atoms with van der Waals surface area (Å²) in [5.41, 5.74) is 0. The fourth-order valence-electron chi connectivity index (χ4n) is 1.22. The van der Waals surface area contributed by atoms with Gasteiger partial charge in [-0.2, -0.15) is 35.1 Å². The maximum absolute atomic E-state index is 12.5. The van der Waals surface area contributed by atoms with Gasteiger partial charge in [-0.15, -0.1) is 0 Å². The SMILES string of the molecule is O=C(O)C(F)(F)C(F)(F)C(F)(F)C(F)(F)C(=O)O.O=C(O)CCCCC(=O)O. The lowest BCUT2D eigenvalue weighted by Gasteiger charge is -2.32. The van der Waals surface area contributed by atoms with Gasteiger partial charge in [0.2, 0.25) is 0 Å². The lowest BCUT2D eigenvalue weighted by atomic mass is 9.99. The van der Waals surface area contributed by atoms with Gasteiger partial charge in [-0.25, -0.2) is 9.59 Å². The smallest absolute Gasteiger partial charge is 0.410 e. The van der Waals surface area contributed by atoms with E-state index < -0.39 is 47.6 Å². The molecule has 0 amide bonds. The van der Waals surface area contributed by atoms with Crippen molar-refractivity contribution in [3.8, 4) is 0 Å². The first-order valence-corrected chi connectivity index (χ1v) is 6.68. The van der Waals surface area contributed by atoms with Crippen molar-refractivity contribution in [1.29, 1.82) is 0 Å². The summed E-state index contributed by atoms with van der Waals surface area (Å²) < 4.78 is 98.9. The van der Waals surface area contributed by atoms with Crippen LogP contribution in [0.3, 0.4) is 0 Å². The van der Waals surface area contributed by atoms with E-state index in [1.165, 1.54) is 0 Å². The molecule has 0 spiro atoms. The average Bonchev–Trinajstić information content (AvgIpc) is 2.50. The van der Waals surface area contributed by atoms with Gasteiger partial charge in [0.05, 0.1) is 0 Å². The molecule has 0 radical (unpaired) electrons. The third kappa shape index (κ3) is 6.19. The van der Waals surface area contributed by atoms with Crippen molar-refractivity contribution in [3.63, 3.8) is 0 Å². The maximum Gasteiger partial charge on any atom is 0.410 e. The summed E-state index contributed by atoms with van der Waals surface area (Å²) in [7, 11) is 0. The fourth-order valence-corrected chi connectivity index (χ4v) is 1.22. The Bertz CT molecular complexity index is 552. The van der Waals surface area contributed by atoms with Crippen LogP contribution >= 0.6 is 0 Å². The van der Waals surface area contributed by atoms with E-state index in [0.29, 0.717) is 12.8 Å². The second-order valence-corrected chi connectivity index (χ2v) is 4.90. The third-order valence-electron chi connectivity index (χ3n) is 2.75. The molecule has 0 atom stereocenters. The number of hydrogen-bond acceptors (Lipinski definition) is 4. The van der Waals surface area contributed by atoms with Gasteiger partial charge in [-0.1, -0.05) is 0 Å². The highest BCUT2D eigenvalue weighted by Crippen LogP contribution is 2.52. The van der Waals surface area contributed by atoms with Crippen LogP contribution in [0.25, 0.3) is 0 Å². The minimum absolute atomic E-state index is 0.0628. The number of halogens is 8. The van der Waals surface area contributed by atoms with Gasteiger partial charge in [0, 0.05) is 12.8 Å². The van der Waals surface area contributed by atoms with Crippen LogP contribution < -0.4 is 0 Å². The van der Waals surface area contributed by atoms with Crippen LogP contribution in [0, 0.1) is 0 Å². The van der Waals surface area contributed by atoms with Crippen molar-refractivity contribution in [1.82, 2.24) is 0 Å². The summed E-state index contributed by atoms with van der Waals surface area (Å²) in [5.74, 6) is -36.8. The molecule has 0 aliphatic carbocycles. The Morgan fingerprint density at radius 1 is 0.536 bits per heavy atom. The average molecular weight is 436 g/mol. The first-order valence-electron chi connectivity index (χ1n) is 6.68. The predicted molar refractivity (Wildman–Crippen MR) is 68.8 cm³/mol. The molecule has 0 bridgehead atoms. The third-order valence-corrected chi connectivity index (χ3v) is 2.75. The Morgan fingerprint density at radius 3 is 0.893 bits per heavy atom. The first kappa shape index (κ1) is 27.5. The molecule has 8 nitrogen and oxygen atoms in total. The van der Waals surface area contributed by atoms with Gasteiger partial charge in [0.25, 0.3) is 0 Å². The summed E-state index contributed by atoms with van der Waals surface area (Å²) >= 11 is 0. The minimum atomic E-state index is -7.12. The second kappa shape index (κ2) is 9.50. The van der Waals surface area contributed by atoms with Crippen molar-refractivity contribution in [2.45, 2.75) is 49.4 Å². The van der Waals surface area contributed by atoms with Crippen molar-refractivity contribution < 1.29 is 74.7 Å². The zero-order valence-corrected chi connectivity index (χ0v) is 13.3. The quantitative estimate of drug-likeness (QED) is 0.301. The molecule has 164 valence electrons. The van der Waals surface area contributed by atoms with Crippen LogP contribution in [0.15, 0.2) is 0 Å². The maximum atomic E-state index is 12.5. The number of unbranched alkanes of at least 4 members (excludes halogenated alkanes) is 1. The van der Waals surface area contributed by atoms with E-state index in [4.69, 9.17) is 20.4 Å². The topological polar surface area (TPSA) is 149 Å². The Kier molecular flexibility index (Phi) is 9.34. The summed E-state index contributed by atoms with van der Waals surface area (Å²) in [6, 6.07) is 0. The molecule has 0 aromatic rings. The van der Waals surface area contributed by atoms with Crippen LogP contribution in [-0.2, 0) is 19.2 Å². The Balaban J connectivity index is 0. The number of rotatable bonds is 10. The molecule has 0 aliphatic heterocycles. The zero-order valence-electron chi connectivity index (χ0n) is 13.3. The fraction of sp³-hybridized carbons (Fsp3) is 0.667. The van der Waals surface area contributed by atoms with E-state index in [1.54, 1.807) is 0 Å². The number of carboxylic acid groups (broad SMARTS) is 4. The lowest BCUT2D eigenvalue weighted by Crippen LogP contribution is -2.66. The Hall–Kier alpha value is -2.68. The van der Waals surface area contributed by atoms with Crippen molar-refractivity contribution >= 4 is 23.9 Å². The van der Waals surface area contributed by atoms with Gasteiger partial charge < -0.3 is 20.4 Å².